The van der Waals surface area contributed by atoms with Crippen LogP contribution >= 0.6 is 0 Å². The molecule has 4 N–H and O–H groups in total. The van der Waals surface area contributed by atoms with Gasteiger partial charge in [-0.25, -0.2) is 4.79 Å². The lowest BCUT2D eigenvalue weighted by molar-refractivity contribution is -0.150. The Morgan fingerprint density at radius 1 is 0.692 bits per heavy atom. The molecule has 0 aliphatic carbocycles. The van der Waals surface area contributed by atoms with Crippen LogP contribution in [0.25, 0.3) is 0 Å². The van der Waals surface area contributed by atoms with Crippen LogP contribution in [0.15, 0.2) is 116 Å². The lowest BCUT2D eigenvalue weighted by Gasteiger charge is -2.24. The van der Waals surface area contributed by atoms with Gasteiger partial charge in [0, 0.05) is 13.0 Å². The topological polar surface area (TPSA) is 143 Å². The van der Waals surface area contributed by atoms with Crippen LogP contribution in [0, 0.1) is 11.8 Å². The van der Waals surface area contributed by atoms with Crippen molar-refractivity contribution in [3.63, 3.8) is 0 Å². The highest BCUT2D eigenvalue weighted by atomic mass is 16.5. The molecule has 0 aromatic heterocycles. The summed E-state index contributed by atoms with van der Waals surface area (Å²) in [6, 6.07) is 27.5. The van der Waals surface area contributed by atoms with E-state index in [1.165, 1.54) is 0 Å². The molecule has 0 fully saturated rings. The molecule has 0 saturated carbocycles. The molecule has 0 spiro atoms. The SMILES string of the molecule is C=CC[C@@H](CC(=O)N[C@H](CO)Cc1ccccc1)C(=O)N[C@@H](CCCCNC(=O)OCc1ccccc1)COC(=O)[C@H](CC=C)Cc1ccccc1. The van der Waals surface area contributed by atoms with Gasteiger partial charge in [0.15, 0.2) is 0 Å². The first-order valence-corrected chi connectivity index (χ1v) is 17.9. The maximum Gasteiger partial charge on any atom is 0.407 e. The number of amides is 3. The number of unbranched alkanes of at least 4 members (excludes halogenated alkanes) is 1. The van der Waals surface area contributed by atoms with Crippen LogP contribution in [0.3, 0.4) is 0 Å². The molecular weight excluding hydrogens is 658 g/mol. The number of hydrogen-bond acceptors (Lipinski definition) is 7. The second-order valence-electron chi connectivity index (χ2n) is 12.8. The van der Waals surface area contributed by atoms with E-state index in [0.29, 0.717) is 45.1 Å². The van der Waals surface area contributed by atoms with E-state index >= 15 is 0 Å². The molecule has 10 nitrogen and oxygen atoms in total. The first-order valence-electron chi connectivity index (χ1n) is 17.9. The number of rotatable bonds is 24. The van der Waals surface area contributed by atoms with Gasteiger partial charge in [-0.05, 0) is 61.6 Å². The third-order valence-electron chi connectivity index (χ3n) is 8.51. The van der Waals surface area contributed by atoms with E-state index in [1.54, 1.807) is 12.2 Å². The van der Waals surface area contributed by atoms with Crippen LogP contribution in [-0.4, -0.2) is 60.8 Å². The van der Waals surface area contributed by atoms with Gasteiger partial charge in [0.1, 0.15) is 13.2 Å². The average Bonchev–Trinajstić information content (AvgIpc) is 3.16. The molecule has 0 saturated heterocycles. The van der Waals surface area contributed by atoms with Gasteiger partial charge >= 0.3 is 12.1 Å². The van der Waals surface area contributed by atoms with Crippen molar-refractivity contribution >= 4 is 23.9 Å². The van der Waals surface area contributed by atoms with Crippen molar-refractivity contribution < 1.29 is 33.8 Å². The highest BCUT2D eigenvalue weighted by Gasteiger charge is 2.26. The van der Waals surface area contributed by atoms with Crippen LogP contribution in [0.4, 0.5) is 4.79 Å². The Hall–Kier alpha value is -5.22. The zero-order valence-corrected chi connectivity index (χ0v) is 29.9. The molecule has 10 heteroatoms. The average molecular weight is 712 g/mol. The van der Waals surface area contributed by atoms with Crippen molar-refractivity contribution in [3.05, 3.63) is 133 Å². The summed E-state index contributed by atoms with van der Waals surface area (Å²) in [5, 5.41) is 18.5. The summed E-state index contributed by atoms with van der Waals surface area (Å²) in [4.78, 5) is 52.1. The predicted octanol–water partition coefficient (Wildman–Crippen LogP) is 5.85. The lowest BCUT2D eigenvalue weighted by atomic mass is 9.96. The Balaban J connectivity index is 1.58. The maximum absolute atomic E-state index is 13.6. The third-order valence-corrected chi connectivity index (χ3v) is 8.51. The molecule has 278 valence electrons. The van der Waals surface area contributed by atoms with Gasteiger partial charge in [-0.2, -0.15) is 0 Å². The summed E-state index contributed by atoms with van der Waals surface area (Å²) in [7, 11) is 0. The zero-order valence-electron chi connectivity index (χ0n) is 29.9. The molecule has 3 amide bonds. The van der Waals surface area contributed by atoms with Crippen LogP contribution in [-0.2, 0) is 43.3 Å². The molecule has 0 aliphatic heterocycles. The summed E-state index contributed by atoms with van der Waals surface area (Å²) in [5.74, 6) is -2.27. The van der Waals surface area contributed by atoms with E-state index in [0.717, 1.165) is 16.7 Å². The number of benzene rings is 3. The summed E-state index contributed by atoms with van der Waals surface area (Å²) >= 11 is 0. The largest absolute Gasteiger partial charge is 0.463 e. The van der Waals surface area contributed by atoms with E-state index in [9.17, 15) is 24.3 Å². The van der Waals surface area contributed by atoms with Crippen LogP contribution in [0.2, 0.25) is 0 Å². The number of allylic oxidation sites excluding steroid dienone is 2. The van der Waals surface area contributed by atoms with Crippen molar-refractivity contribution in [2.24, 2.45) is 11.8 Å². The molecule has 0 unspecified atom stereocenters. The lowest BCUT2D eigenvalue weighted by Crippen LogP contribution is -2.45. The minimum absolute atomic E-state index is 0.0593. The van der Waals surface area contributed by atoms with Crippen molar-refractivity contribution in [2.75, 3.05) is 19.8 Å². The third kappa shape index (κ3) is 16.2. The number of aliphatic hydroxyl groups is 1. The molecular formula is C42H53N3O7. The standard InChI is InChI=1S/C42H53N3O7/c1-3-16-35(28-39(47)44-38(29-46)27-33-20-10-6-11-21-33)40(48)45-37(24-14-15-25-43-42(50)52-30-34-22-12-7-13-23-34)31-51-41(49)36(17-4-2)26-32-18-8-5-9-19-32/h3-13,18-23,35-38,46H,1-2,14-17,24-31H2,(H,43,50)(H,44,47)(H,45,48)/t35-,36+,37-,38-/m0/s1. The molecule has 0 bridgehead atoms. The Kier molecular flexibility index (Phi) is 19.1. The second-order valence-corrected chi connectivity index (χ2v) is 12.8. The number of aliphatic hydroxyl groups excluding tert-OH is 1. The first kappa shape index (κ1) is 41.2. The summed E-state index contributed by atoms with van der Waals surface area (Å²) in [6.07, 6.45) is 5.94. The number of carbonyl (C=O) groups excluding carboxylic acids is 4. The fraction of sp³-hybridized carbons (Fsp3) is 0.381. The van der Waals surface area contributed by atoms with Crippen LogP contribution in [0.1, 0.15) is 55.2 Å². The van der Waals surface area contributed by atoms with Crippen LogP contribution in [0.5, 0.6) is 0 Å². The van der Waals surface area contributed by atoms with Crippen molar-refractivity contribution in [2.45, 2.75) is 70.1 Å². The van der Waals surface area contributed by atoms with Crippen molar-refractivity contribution in [1.82, 2.24) is 16.0 Å². The highest BCUT2D eigenvalue weighted by Crippen LogP contribution is 2.17. The second kappa shape index (κ2) is 24.1. The van der Waals surface area contributed by atoms with Gasteiger partial charge in [0.25, 0.3) is 0 Å². The van der Waals surface area contributed by atoms with E-state index in [1.807, 2.05) is 91.0 Å². The number of ether oxygens (including phenoxy) is 2. The monoisotopic (exact) mass is 711 g/mol. The molecule has 3 aromatic carbocycles. The number of esters is 1. The molecule has 0 aliphatic rings. The number of hydrogen-bond donors (Lipinski definition) is 4. The molecule has 52 heavy (non-hydrogen) atoms. The highest BCUT2D eigenvalue weighted by molar-refractivity contribution is 5.86. The molecule has 0 heterocycles. The predicted molar refractivity (Wildman–Crippen MR) is 202 cm³/mol. The summed E-state index contributed by atoms with van der Waals surface area (Å²) in [6.45, 7) is 7.80. The molecule has 3 aromatic rings. The van der Waals surface area contributed by atoms with E-state index in [-0.39, 0.29) is 50.4 Å². The van der Waals surface area contributed by atoms with E-state index < -0.39 is 30.0 Å². The maximum atomic E-state index is 13.6. The van der Waals surface area contributed by atoms with E-state index in [2.05, 4.69) is 29.1 Å². The quantitative estimate of drug-likeness (QED) is 0.0519. The van der Waals surface area contributed by atoms with Crippen molar-refractivity contribution in [3.8, 4) is 0 Å². The molecule has 0 radical (unpaired) electrons. The van der Waals surface area contributed by atoms with Crippen LogP contribution < -0.4 is 16.0 Å². The summed E-state index contributed by atoms with van der Waals surface area (Å²) in [5.41, 5.74) is 2.86. The first-order chi connectivity index (χ1) is 25.3. The Bertz CT molecular complexity index is 1520. The van der Waals surface area contributed by atoms with Gasteiger partial charge in [0.2, 0.25) is 11.8 Å². The van der Waals surface area contributed by atoms with Gasteiger partial charge in [0.05, 0.1) is 30.5 Å². The Morgan fingerprint density at radius 3 is 1.87 bits per heavy atom. The van der Waals surface area contributed by atoms with E-state index in [4.69, 9.17) is 9.47 Å². The van der Waals surface area contributed by atoms with Gasteiger partial charge in [-0.3, -0.25) is 14.4 Å². The van der Waals surface area contributed by atoms with Gasteiger partial charge in [-0.15, -0.1) is 13.2 Å². The number of carbonyl (C=O) groups is 4. The molecule has 3 rings (SSSR count). The minimum Gasteiger partial charge on any atom is -0.463 e. The Morgan fingerprint density at radius 2 is 1.27 bits per heavy atom. The number of nitrogens with one attached hydrogen (secondary N) is 3. The normalized spacial score (nSPS) is 13.0. The van der Waals surface area contributed by atoms with Gasteiger partial charge in [-0.1, -0.05) is 103 Å². The number of alkyl carbamates (subject to hydrolysis) is 1. The fourth-order valence-electron chi connectivity index (χ4n) is 5.71. The van der Waals surface area contributed by atoms with Crippen molar-refractivity contribution in [1.29, 1.82) is 0 Å². The molecule has 4 atom stereocenters. The smallest absolute Gasteiger partial charge is 0.407 e. The Labute approximate surface area is 307 Å². The fourth-order valence-corrected chi connectivity index (χ4v) is 5.71. The zero-order chi connectivity index (χ0) is 37.4. The summed E-state index contributed by atoms with van der Waals surface area (Å²) < 4.78 is 11.1. The van der Waals surface area contributed by atoms with Gasteiger partial charge < -0.3 is 30.5 Å². The minimum atomic E-state index is -0.723.